The molecular weight excluding hydrogens is 484 g/mol. The molecule has 36 heavy (non-hydrogen) atoms. The van der Waals surface area contributed by atoms with Crippen molar-refractivity contribution in [3.8, 4) is 0 Å². The normalized spacial score (nSPS) is 15.0. The number of rotatable bonds is 10. The summed E-state index contributed by atoms with van der Waals surface area (Å²) in [4.78, 5) is 27.4. The predicted octanol–water partition coefficient (Wildman–Crippen LogP) is 5.04. The quantitative estimate of drug-likeness (QED) is 0.460. The van der Waals surface area contributed by atoms with Crippen LogP contribution in [0.2, 0.25) is 0 Å². The third kappa shape index (κ3) is 8.56. The minimum absolute atomic E-state index is 0. The van der Waals surface area contributed by atoms with E-state index in [4.69, 9.17) is 0 Å². The molecule has 1 saturated heterocycles. The third-order valence-corrected chi connectivity index (χ3v) is 6.76. The van der Waals surface area contributed by atoms with Crippen LogP contribution in [0.4, 0.5) is 8.78 Å². The molecule has 2 N–H and O–H groups in total. The van der Waals surface area contributed by atoms with Crippen molar-refractivity contribution >= 4 is 24.2 Å². The SMILES string of the molecule is CN[C@@H](CC(C)C)C(=O)NC1CCN(C(=O)CCC(c2ccc(F)cc2)c2ccc(F)cc2)CC1.Cl. The van der Waals surface area contributed by atoms with Crippen LogP contribution in [-0.2, 0) is 9.59 Å². The second-order valence-electron chi connectivity index (χ2n) is 9.83. The molecule has 0 aliphatic carbocycles. The summed E-state index contributed by atoms with van der Waals surface area (Å²) >= 11 is 0. The highest BCUT2D eigenvalue weighted by molar-refractivity contribution is 5.85. The van der Waals surface area contributed by atoms with Crippen molar-refractivity contribution < 1.29 is 18.4 Å². The predicted molar refractivity (Wildman–Crippen MR) is 141 cm³/mol. The second kappa shape index (κ2) is 14.3. The number of carbonyl (C=O) groups excluding carboxylic acids is 2. The molecule has 0 saturated carbocycles. The molecular formula is C28H38ClF2N3O2. The smallest absolute Gasteiger partial charge is 0.237 e. The maximum atomic E-state index is 13.5. The van der Waals surface area contributed by atoms with Gasteiger partial charge in [0.15, 0.2) is 0 Å². The van der Waals surface area contributed by atoms with Gasteiger partial charge in [-0.1, -0.05) is 38.1 Å². The van der Waals surface area contributed by atoms with Crippen LogP contribution in [0, 0.1) is 17.6 Å². The van der Waals surface area contributed by atoms with Crippen molar-refractivity contribution in [2.75, 3.05) is 20.1 Å². The average Bonchev–Trinajstić information content (AvgIpc) is 2.84. The highest BCUT2D eigenvalue weighted by Gasteiger charge is 2.27. The zero-order chi connectivity index (χ0) is 25.4. The van der Waals surface area contributed by atoms with Gasteiger partial charge in [-0.25, -0.2) is 8.78 Å². The van der Waals surface area contributed by atoms with E-state index < -0.39 is 0 Å². The van der Waals surface area contributed by atoms with Crippen LogP contribution in [0.1, 0.15) is 63.0 Å². The number of likely N-dealkylation sites (N-methyl/N-ethyl adjacent to an activating group) is 1. The van der Waals surface area contributed by atoms with E-state index >= 15 is 0 Å². The summed E-state index contributed by atoms with van der Waals surface area (Å²) in [5, 5.41) is 6.23. The maximum Gasteiger partial charge on any atom is 0.237 e. The summed E-state index contributed by atoms with van der Waals surface area (Å²) in [5.41, 5.74) is 1.79. The Labute approximate surface area is 219 Å². The Balaban J connectivity index is 0.00000456. The van der Waals surface area contributed by atoms with Gasteiger partial charge in [0.1, 0.15) is 11.6 Å². The van der Waals surface area contributed by atoms with Crippen molar-refractivity contribution in [3.63, 3.8) is 0 Å². The molecule has 2 aromatic rings. The van der Waals surface area contributed by atoms with Crippen LogP contribution in [0.3, 0.4) is 0 Å². The van der Waals surface area contributed by atoms with Crippen LogP contribution < -0.4 is 10.6 Å². The molecule has 1 aliphatic heterocycles. The van der Waals surface area contributed by atoms with E-state index in [1.54, 1.807) is 31.3 Å². The minimum atomic E-state index is -0.317. The number of hydrogen-bond acceptors (Lipinski definition) is 3. The van der Waals surface area contributed by atoms with Gasteiger partial charge in [0.25, 0.3) is 0 Å². The second-order valence-corrected chi connectivity index (χ2v) is 9.83. The Kier molecular flexibility index (Phi) is 11.8. The number of likely N-dealkylation sites (tertiary alicyclic amines) is 1. The lowest BCUT2D eigenvalue weighted by Crippen LogP contribution is -2.51. The van der Waals surface area contributed by atoms with Crippen molar-refractivity contribution in [2.45, 2.75) is 64.0 Å². The van der Waals surface area contributed by atoms with E-state index in [1.807, 2.05) is 4.90 Å². The number of amides is 2. The summed E-state index contributed by atoms with van der Waals surface area (Å²) in [6, 6.07) is 12.4. The molecule has 2 amide bonds. The van der Waals surface area contributed by atoms with Gasteiger partial charge >= 0.3 is 0 Å². The van der Waals surface area contributed by atoms with Gasteiger partial charge in [0.05, 0.1) is 6.04 Å². The molecule has 1 heterocycles. The van der Waals surface area contributed by atoms with Crippen molar-refractivity contribution in [2.24, 2.45) is 5.92 Å². The first-order chi connectivity index (χ1) is 16.8. The van der Waals surface area contributed by atoms with Crippen molar-refractivity contribution in [1.82, 2.24) is 15.5 Å². The molecule has 198 valence electrons. The number of nitrogens with zero attached hydrogens (tertiary/aromatic N) is 1. The number of benzene rings is 2. The summed E-state index contributed by atoms with van der Waals surface area (Å²) in [6.45, 7) is 5.41. The van der Waals surface area contributed by atoms with E-state index in [-0.39, 0.29) is 53.9 Å². The number of piperidine rings is 1. The van der Waals surface area contributed by atoms with E-state index in [2.05, 4.69) is 24.5 Å². The molecule has 1 fully saturated rings. The fourth-order valence-electron chi connectivity index (χ4n) is 4.74. The fraction of sp³-hybridized carbons (Fsp3) is 0.500. The van der Waals surface area contributed by atoms with E-state index in [0.29, 0.717) is 31.8 Å². The summed E-state index contributed by atoms with van der Waals surface area (Å²) in [5.74, 6) is -0.252. The molecule has 0 unspecified atom stereocenters. The summed E-state index contributed by atoms with van der Waals surface area (Å²) in [7, 11) is 1.80. The molecule has 3 rings (SSSR count). The molecule has 1 atom stereocenters. The topological polar surface area (TPSA) is 61.4 Å². The zero-order valence-corrected chi connectivity index (χ0v) is 22.1. The lowest BCUT2D eigenvalue weighted by Gasteiger charge is -2.33. The highest BCUT2D eigenvalue weighted by atomic mass is 35.5. The van der Waals surface area contributed by atoms with Crippen LogP contribution in [0.5, 0.6) is 0 Å². The molecule has 8 heteroatoms. The Morgan fingerprint density at radius 2 is 1.44 bits per heavy atom. The Hall–Kier alpha value is -2.51. The number of hydrogen-bond donors (Lipinski definition) is 2. The first kappa shape index (κ1) is 29.7. The Bertz CT molecular complexity index is 916. The number of carbonyl (C=O) groups is 2. The molecule has 1 aliphatic rings. The zero-order valence-electron chi connectivity index (χ0n) is 21.3. The average molecular weight is 522 g/mol. The van der Waals surface area contributed by atoms with Crippen LogP contribution in [0.25, 0.3) is 0 Å². The molecule has 0 spiro atoms. The van der Waals surface area contributed by atoms with Crippen LogP contribution in [-0.4, -0.2) is 48.9 Å². The van der Waals surface area contributed by atoms with Crippen molar-refractivity contribution in [1.29, 1.82) is 0 Å². The van der Waals surface area contributed by atoms with Gasteiger partial charge in [-0.05, 0) is 74.0 Å². The van der Waals surface area contributed by atoms with Crippen LogP contribution >= 0.6 is 12.4 Å². The first-order valence-electron chi connectivity index (χ1n) is 12.5. The molecule has 0 aromatic heterocycles. The van der Waals surface area contributed by atoms with Gasteiger partial charge in [0, 0.05) is 31.5 Å². The van der Waals surface area contributed by atoms with Crippen molar-refractivity contribution in [3.05, 3.63) is 71.3 Å². The number of halogens is 3. The lowest BCUT2D eigenvalue weighted by atomic mass is 9.87. The van der Waals surface area contributed by atoms with E-state index in [0.717, 1.165) is 30.4 Å². The third-order valence-electron chi connectivity index (χ3n) is 6.76. The first-order valence-corrected chi connectivity index (χ1v) is 12.5. The molecule has 0 radical (unpaired) electrons. The monoisotopic (exact) mass is 521 g/mol. The van der Waals surface area contributed by atoms with E-state index in [1.165, 1.54) is 24.3 Å². The number of nitrogens with one attached hydrogen (secondary N) is 2. The van der Waals surface area contributed by atoms with Crippen LogP contribution in [0.15, 0.2) is 48.5 Å². The van der Waals surface area contributed by atoms with Gasteiger partial charge in [0.2, 0.25) is 11.8 Å². The lowest BCUT2D eigenvalue weighted by molar-refractivity contribution is -0.132. The standard InChI is InChI=1S/C28H37F2N3O2.ClH/c1-19(2)18-26(31-3)28(35)32-24-14-16-33(17-15-24)27(34)13-12-25(20-4-8-22(29)9-5-20)21-6-10-23(30)11-7-21;/h4-11,19,24-26,31H,12-18H2,1-3H3,(H,32,35);1H/t26-;/m0./s1. The summed E-state index contributed by atoms with van der Waals surface area (Å²) < 4.78 is 26.9. The van der Waals surface area contributed by atoms with Gasteiger partial charge in [-0.2, -0.15) is 0 Å². The van der Waals surface area contributed by atoms with Gasteiger partial charge in [-0.3, -0.25) is 9.59 Å². The highest BCUT2D eigenvalue weighted by Crippen LogP contribution is 2.30. The largest absolute Gasteiger partial charge is 0.352 e. The maximum absolute atomic E-state index is 13.5. The molecule has 2 aromatic carbocycles. The molecule has 5 nitrogen and oxygen atoms in total. The molecule has 0 bridgehead atoms. The summed E-state index contributed by atoms with van der Waals surface area (Å²) in [6.07, 6.45) is 3.13. The Morgan fingerprint density at radius 3 is 1.89 bits per heavy atom. The van der Waals surface area contributed by atoms with E-state index in [9.17, 15) is 18.4 Å². The Morgan fingerprint density at radius 1 is 0.944 bits per heavy atom. The van der Waals surface area contributed by atoms with Gasteiger partial charge in [-0.15, -0.1) is 12.4 Å². The fourth-order valence-corrected chi connectivity index (χ4v) is 4.74. The van der Waals surface area contributed by atoms with Gasteiger partial charge < -0.3 is 15.5 Å². The minimum Gasteiger partial charge on any atom is -0.352 e.